The Labute approximate surface area is 115 Å². The third-order valence-corrected chi connectivity index (χ3v) is 5.21. The summed E-state index contributed by atoms with van der Waals surface area (Å²) in [6, 6.07) is 1.92. The molecule has 1 aromatic rings. The third kappa shape index (κ3) is 2.60. The first-order valence-corrected chi connectivity index (χ1v) is 7.45. The van der Waals surface area contributed by atoms with Crippen LogP contribution in [0.5, 0.6) is 0 Å². The Morgan fingerprint density at radius 3 is 2.63 bits per heavy atom. The van der Waals surface area contributed by atoms with Crippen LogP contribution in [0.1, 0.15) is 12.8 Å². The van der Waals surface area contributed by atoms with Gasteiger partial charge in [0.15, 0.2) is 11.6 Å². The van der Waals surface area contributed by atoms with Crippen molar-refractivity contribution in [3.63, 3.8) is 0 Å². The molecular weight excluding hydrogens is 294 g/mol. The van der Waals surface area contributed by atoms with Gasteiger partial charge in [-0.3, -0.25) is 0 Å². The number of nitrogens with zero attached hydrogens (tertiary/aromatic N) is 1. The fourth-order valence-electron chi connectivity index (χ4n) is 2.08. The molecular formula is C11H12F2N2O2S2. The van der Waals surface area contributed by atoms with E-state index in [0.717, 1.165) is 16.4 Å². The summed E-state index contributed by atoms with van der Waals surface area (Å²) in [5, 5.41) is 0. The second kappa shape index (κ2) is 5.10. The van der Waals surface area contributed by atoms with Gasteiger partial charge < -0.3 is 5.73 Å². The zero-order valence-corrected chi connectivity index (χ0v) is 11.5. The average molecular weight is 306 g/mol. The number of sulfonamides is 1. The molecule has 1 fully saturated rings. The van der Waals surface area contributed by atoms with Crippen molar-refractivity contribution < 1.29 is 17.2 Å². The van der Waals surface area contributed by atoms with E-state index in [-0.39, 0.29) is 16.4 Å². The van der Waals surface area contributed by atoms with Crippen LogP contribution in [-0.4, -0.2) is 30.3 Å². The minimum Gasteiger partial charge on any atom is -0.392 e. The summed E-state index contributed by atoms with van der Waals surface area (Å²) < 4.78 is 51.8. The lowest BCUT2D eigenvalue weighted by atomic mass is 10.2. The van der Waals surface area contributed by atoms with E-state index in [4.69, 9.17) is 18.0 Å². The predicted octanol–water partition coefficient (Wildman–Crippen LogP) is 1.40. The summed E-state index contributed by atoms with van der Waals surface area (Å²) in [5.74, 6) is -2.29. The van der Waals surface area contributed by atoms with Crippen molar-refractivity contribution in [2.75, 3.05) is 6.54 Å². The van der Waals surface area contributed by atoms with Crippen molar-refractivity contribution in [3.8, 4) is 0 Å². The zero-order chi connectivity index (χ0) is 14.2. The molecule has 1 aliphatic heterocycles. The quantitative estimate of drug-likeness (QED) is 0.858. The highest BCUT2D eigenvalue weighted by Gasteiger charge is 2.37. The molecule has 0 aromatic heterocycles. The maximum atomic E-state index is 13.1. The molecule has 0 amide bonds. The number of hydrogen-bond acceptors (Lipinski definition) is 3. The van der Waals surface area contributed by atoms with Gasteiger partial charge in [0.25, 0.3) is 0 Å². The van der Waals surface area contributed by atoms with Crippen molar-refractivity contribution in [3.05, 3.63) is 29.8 Å². The largest absolute Gasteiger partial charge is 0.392 e. The third-order valence-electron chi connectivity index (χ3n) is 3.03. The highest BCUT2D eigenvalue weighted by Crippen LogP contribution is 2.27. The minimum absolute atomic E-state index is 0.0867. The van der Waals surface area contributed by atoms with Crippen molar-refractivity contribution in [1.82, 2.24) is 4.31 Å². The molecule has 0 radical (unpaired) electrons. The molecule has 0 spiro atoms. The van der Waals surface area contributed by atoms with Crippen molar-refractivity contribution in [1.29, 1.82) is 0 Å². The lowest BCUT2D eigenvalue weighted by Crippen LogP contribution is -2.42. The lowest BCUT2D eigenvalue weighted by molar-refractivity contribution is 0.444. The zero-order valence-electron chi connectivity index (χ0n) is 9.84. The molecule has 0 bridgehead atoms. The van der Waals surface area contributed by atoms with Gasteiger partial charge in [-0.05, 0) is 31.0 Å². The molecule has 1 heterocycles. The fourth-order valence-corrected chi connectivity index (χ4v) is 4.08. The molecule has 104 valence electrons. The molecule has 0 aliphatic carbocycles. The molecule has 4 nitrogen and oxygen atoms in total. The van der Waals surface area contributed by atoms with Gasteiger partial charge in [-0.15, -0.1) is 0 Å². The van der Waals surface area contributed by atoms with Crippen LogP contribution in [-0.2, 0) is 10.0 Å². The monoisotopic (exact) mass is 306 g/mol. The van der Waals surface area contributed by atoms with Crippen molar-refractivity contribution >= 4 is 27.2 Å². The Morgan fingerprint density at radius 2 is 2.05 bits per heavy atom. The average Bonchev–Trinajstić information content (AvgIpc) is 2.82. The Balaban J connectivity index is 2.42. The predicted molar refractivity (Wildman–Crippen MR) is 70.1 cm³/mol. The Hall–Kier alpha value is -1.12. The van der Waals surface area contributed by atoms with Gasteiger partial charge >= 0.3 is 0 Å². The Kier molecular flexibility index (Phi) is 3.84. The van der Waals surface area contributed by atoms with Crippen LogP contribution in [0.2, 0.25) is 0 Å². The van der Waals surface area contributed by atoms with Gasteiger partial charge in [0.1, 0.15) is 0 Å². The first-order chi connectivity index (χ1) is 8.84. The van der Waals surface area contributed by atoms with Crippen molar-refractivity contribution in [2.45, 2.75) is 23.8 Å². The maximum Gasteiger partial charge on any atom is 0.243 e. The van der Waals surface area contributed by atoms with Gasteiger partial charge in [0.05, 0.1) is 15.9 Å². The number of nitrogens with two attached hydrogens (primary N) is 1. The Morgan fingerprint density at radius 1 is 1.37 bits per heavy atom. The molecule has 1 aliphatic rings. The van der Waals surface area contributed by atoms with Gasteiger partial charge in [0.2, 0.25) is 10.0 Å². The van der Waals surface area contributed by atoms with Crippen LogP contribution in [0.3, 0.4) is 0 Å². The second-order valence-electron chi connectivity index (χ2n) is 4.25. The summed E-state index contributed by atoms with van der Waals surface area (Å²) in [7, 11) is -3.91. The van der Waals surface area contributed by atoms with E-state index in [1.54, 1.807) is 0 Å². The highest BCUT2D eigenvalue weighted by molar-refractivity contribution is 7.89. The molecule has 19 heavy (non-hydrogen) atoms. The topological polar surface area (TPSA) is 63.4 Å². The number of benzene rings is 1. The summed E-state index contributed by atoms with van der Waals surface area (Å²) >= 11 is 4.84. The molecule has 0 saturated carbocycles. The number of thiocarbonyl (C=S) groups is 1. The SMILES string of the molecule is NC(=S)C1CCCN1S(=O)(=O)c1ccc(F)c(F)c1. The van der Waals surface area contributed by atoms with E-state index in [0.29, 0.717) is 18.9 Å². The molecule has 2 rings (SSSR count). The summed E-state index contributed by atoms with van der Waals surface area (Å²) in [5.41, 5.74) is 5.51. The van der Waals surface area contributed by atoms with E-state index in [2.05, 4.69) is 0 Å². The standard InChI is InChI=1S/C11H12F2N2O2S2/c12-8-4-3-7(6-9(8)13)19(16,17)15-5-1-2-10(15)11(14)18/h3-4,6,10H,1-2,5H2,(H2,14,18). The number of rotatable bonds is 3. The second-order valence-corrected chi connectivity index (χ2v) is 6.61. The number of halogens is 2. The first kappa shape index (κ1) is 14.3. The first-order valence-electron chi connectivity index (χ1n) is 5.60. The molecule has 1 saturated heterocycles. The lowest BCUT2D eigenvalue weighted by Gasteiger charge is -2.23. The molecule has 1 aromatic carbocycles. The van der Waals surface area contributed by atoms with Gasteiger partial charge in [0, 0.05) is 6.54 Å². The van der Waals surface area contributed by atoms with Gasteiger partial charge in [-0.1, -0.05) is 12.2 Å². The van der Waals surface area contributed by atoms with Crippen molar-refractivity contribution in [2.24, 2.45) is 5.73 Å². The van der Waals surface area contributed by atoms with Crippen LogP contribution >= 0.6 is 12.2 Å². The van der Waals surface area contributed by atoms with E-state index in [9.17, 15) is 17.2 Å². The van der Waals surface area contributed by atoms with Crippen LogP contribution in [0.15, 0.2) is 23.1 Å². The number of hydrogen-bond donors (Lipinski definition) is 1. The molecule has 1 atom stereocenters. The Bertz CT molecular complexity index is 619. The molecule has 2 N–H and O–H groups in total. The van der Waals surface area contributed by atoms with E-state index >= 15 is 0 Å². The van der Waals surface area contributed by atoms with Crippen LogP contribution in [0.4, 0.5) is 8.78 Å². The fraction of sp³-hybridized carbons (Fsp3) is 0.364. The van der Waals surface area contributed by atoms with E-state index < -0.39 is 27.7 Å². The van der Waals surface area contributed by atoms with Gasteiger partial charge in [-0.2, -0.15) is 4.31 Å². The maximum absolute atomic E-state index is 13.1. The van der Waals surface area contributed by atoms with Crippen LogP contribution in [0, 0.1) is 11.6 Å². The summed E-state index contributed by atoms with van der Waals surface area (Å²) in [6.07, 6.45) is 1.17. The van der Waals surface area contributed by atoms with E-state index in [1.165, 1.54) is 0 Å². The van der Waals surface area contributed by atoms with Gasteiger partial charge in [-0.25, -0.2) is 17.2 Å². The van der Waals surface area contributed by atoms with Crippen LogP contribution in [0.25, 0.3) is 0 Å². The normalized spacial score (nSPS) is 20.6. The highest BCUT2D eigenvalue weighted by atomic mass is 32.2. The summed E-state index contributed by atoms with van der Waals surface area (Å²) in [4.78, 5) is -0.210. The van der Waals surface area contributed by atoms with Crippen LogP contribution < -0.4 is 5.73 Å². The van der Waals surface area contributed by atoms with E-state index in [1.807, 2.05) is 0 Å². The smallest absolute Gasteiger partial charge is 0.243 e. The summed E-state index contributed by atoms with van der Waals surface area (Å²) in [6.45, 7) is 0.267. The molecule has 8 heteroatoms. The molecule has 1 unspecified atom stereocenters. The minimum atomic E-state index is -3.91.